The molecule has 18 atom stereocenters. The minimum atomic E-state index is -4.88. The number of imide groups is 1. The number of likely N-dealkylation sites (N-methyl/N-ethyl adjacent to an activating group) is 1. The maximum atomic E-state index is 16.8. The van der Waals surface area contributed by atoms with E-state index in [9.17, 15) is 74.7 Å². The van der Waals surface area contributed by atoms with Gasteiger partial charge in [0, 0.05) is 47.7 Å². The minimum absolute atomic E-state index is 0.00680. The molecule has 706 valence electrons. The van der Waals surface area contributed by atoms with Crippen LogP contribution in [0.4, 0.5) is 0 Å². The summed E-state index contributed by atoms with van der Waals surface area (Å²) in [5, 5.41) is 135. The van der Waals surface area contributed by atoms with Gasteiger partial charge in [0.25, 0.3) is 0 Å². The summed E-state index contributed by atoms with van der Waals surface area (Å²) in [5.74, 6) is -16.8. The van der Waals surface area contributed by atoms with Crippen molar-refractivity contribution in [1.29, 1.82) is 0 Å². The second-order valence-electron chi connectivity index (χ2n) is 36.5. The highest BCUT2D eigenvalue weighted by molar-refractivity contribution is 7.51. The number of aromatic hydroxyl groups is 1. The Hall–Kier alpha value is -9.10. The molecule has 5 aromatic rings. The van der Waals surface area contributed by atoms with Crippen LogP contribution < -0.4 is 73.1 Å². The first-order valence-electron chi connectivity index (χ1n) is 44.0. The molecule has 7 aliphatic heterocycles. The first-order valence-corrected chi connectivity index (χ1v) is 46.6. The quantitative estimate of drug-likeness (QED) is 0.0214. The Labute approximate surface area is 758 Å². The number of ether oxygens (including phenoxy) is 6. The zero-order chi connectivity index (χ0) is 93.6. The zero-order valence-corrected chi connectivity index (χ0v) is 74.8. The largest absolute Gasteiger partial charge is 0.508 e. The molecule has 0 radical (unpaired) electrons. The van der Waals surface area contributed by atoms with Crippen LogP contribution in [-0.4, -0.2) is 214 Å². The van der Waals surface area contributed by atoms with Crippen molar-refractivity contribution in [2.24, 2.45) is 35.3 Å². The van der Waals surface area contributed by atoms with Crippen LogP contribution in [-0.2, 0) is 74.3 Å². The summed E-state index contributed by atoms with van der Waals surface area (Å²) in [7, 11) is -3.41. The SMILES string of the molecule is CCCCCCCCCC(=O)NC(=O)C[C@@H]1NC(=O)[C@H](NC(=O)[C@@H](CC(C)C)NC)[C@H](O)c2ccc(c(Cl)c2)Oc2cc3cc(c2O[C@@H]2O[C@H](CO)[C@@H](O)[C@H](O)[C@H]2O[C@H]2C[C@](C)(N)[C@H](O)[C@H](C)O2)Oc2ccc(cc2Cl)[C@@H](O)[C@@H]2NC(=O)[C@H](NC(=O)[C@@H]3NC1=O)c1ccc3c(c1)-c1c(cc(O)c(CNCP(=O)(O)O)c1C3(O)O)[C@@H](C(=O)NC1C3CC4CC(C3)CC1C4)NC2=O. The topological polar surface area (TPSA) is 595 Å². The van der Waals surface area contributed by atoms with Gasteiger partial charge in [-0.05, 0) is 183 Å². The van der Waals surface area contributed by atoms with E-state index in [1.807, 2.05) is 13.8 Å². The van der Waals surface area contributed by atoms with Crippen molar-refractivity contribution >= 4 is 84.0 Å². The number of fused-ring (bicyclic) bond motifs is 12. The van der Waals surface area contributed by atoms with Crippen LogP contribution in [0.25, 0.3) is 11.1 Å². The number of hydrogen-bond acceptors (Lipinski definition) is 28. The van der Waals surface area contributed by atoms with Crippen LogP contribution in [0.15, 0.2) is 72.8 Å². The van der Waals surface area contributed by atoms with Crippen molar-refractivity contribution in [1.82, 2.24) is 53.2 Å². The Morgan fingerprint density at radius 3 is 1.91 bits per heavy atom. The molecule has 6 fully saturated rings. The second kappa shape index (κ2) is 40.0. The van der Waals surface area contributed by atoms with E-state index in [-0.39, 0.29) is 86.7 Å². The third-order valence-corrected chi connectivity index (χ3v) is 27.5. The lowest BCUT2D eigenvalue weighted by molar-refractivity contribution is -0.333. The van der Waals surface area contributed by atoms with Gasteiger partial charge in [0.2, 0.25) is 71.0 Å². The lowest BCUT2D eigenvalue weighted by Crippen LogP contribution is -2.64. The van der Waals surface area contributed by atoms with Gasteiger partial charge in [0.15, 0.2) is 23.9 Å². The second-order valence-corrected chi connectivity index (χ2v) is 38.9. The number of aliphatic hydroxyl groups is 8. The Morgan fingerprint density at radius 1 is 0.692 bits per heavy atom. The molecular weight excluding hydrogens is 1760 g/mol. The maximum Gasteiger partial charge on any atom is 0.339 e. The average molecular weight is 1870 g/mol. The van der Waals surface area contributed by atoms with E-state index in [4.69, 9.17) is 57.4 Å². The van der Waals surface area contributed by atoms with Gasteiger partial charge in [-0.3, -0.25) is 53.0 Å². The minimum Gasteiger partial charge on any atom is -0.508 e. The van der Waals surface area contributed by atoms with Gasteiger partial charge in [-0.1, -0.05) is 107 Å². The summed E-state index contributed by atoms with van der Waals surface area (Å²) in [4.78, 5) is 160. The van der Waals surface area contributed by atoms with Crippen molar-refractivity contribution in [3.05, 3.63) is 127 Å². The van der Waals surface area contributed by atoms with Gasteiger partial charge in [0.1, 0.15) is 84.0 Å². The number of rotatable bonds is 26. The molecule has 23 N–H and O–H groups in total. The van der Waals surface area contributed by atoms with Crippen molar-refractivity contribution in [3.8, 4) is 45.6 Å². The standard InChI is InChI=1S/C89H114Cl2N11O27P/c1-7-8-9-10-11-12-13-14-62(105)96-63(106)33-55-81(113)98-69-47-30-59(125-57-19-16-43(28-52(57)90)73(107)71(85(117)95-55)101-80(112)54(93-6)21-38(2)3)77(129-87-78(76(110)75(109)61(36-103)127-87)128-64-34-88(5,92)79(111)39(4)124-64)60(31-47)126-58-20-17-44(29-53(58)91)74(108)72-86(118)100-70(84(116)97-67-45-23-40-22-41(25-45)26-46(67)24-40)49-32-56(104)50(35-94-37-130(121,122)123)66-65(49)48-27-42(15-18-51(48)89(66,119)120)68(82(114)102-72)99-83(69)115/h15-20,27-32,38-41,45-46,54-55,61,64,67-76,78-79,87,93-94,103-104,107-111,119-120H,7-14,21-26,33-37,92H2,1-6H3,(H,95,117)(H,97,116)(H,98,113)(H,99,115)(H,100,118)(H,101,112)(H,102,114)(H,96,105,106)(H2,121,122,123)/t39-,40?,41?,45?,46?,54+,55-,61+,64-,67?,68+,69+,70-,71+,72-,73+,74+,75+,76-,78+,79+,87-,88-/m0/s1. The monoisotopic (exact) mass is 1870 g/mol. The molecule has 17 rings (SSSR count). The smallest absolute Gasteiger partial charge is 0.339 e. The molecule has 12 aliphatic rings. The lowest BCUT2D eigenvalue weighted by atomic mass is 9.54. The highest BCUT2D eigenvalue weighted by Crippen LogP contribution is 2.57. The van der Waals surface area contributed by atoms with E-state index in [0.29, 0.717) is 24.7 Å². The van der Waals surface area contributed by atoms with E-state index >= 15 is 28.8 Å². The molecule has 0 spiro atoms. The first-order chi connectivity index (χ1) is 61.6. The van der Waals surface area contributed by atoms with Crippen molar-refractivity contribution in [3.63, 3.8) is 0 Å². The Balaban J connectivity index is 0.976. The van der Waals surface area contributed by atoms with E-state index < -0.39 is 258 Å². The number of nitrogens with two attached hydrogens (primary N) is 1. The number of aliphatic hydroxyl groups excluding tert-OH is 6. The number of amides is 9. The number of nitrogens with one attached hydrogen (secondary N) is 10. The number of phenolic OH excluding ortho intramolecular Hbond substituents is 1. The normalized spacial score (nSPS) is 30.5. The lowest BCUT2D eigenvalue weighted by Gasteiger charge is -2.54. The summed E-state index contributed by atoms with van der Waals surface area (Å²) >= 11 is 14.6. The van der Waals surface area contributed by atoms with Gasteiger partial charge >= 0.3 is 7.60 Å². The number of carbonyl (C=O) groups is 9. The third-order valence-electron chi connectivity index (χ3n) is 26.3. The number of carbonyl (C=O) groups excluding carboxylic acids is 9. The Kier molecular flexibility index (Phi) is 29.8. The fraction of sp³-hybridized carbons (Fsp3) is 0.562. The molecule has 7 heterocycles. The molecule has 4 saturated carbocycles. The number of phenols is 1. The number of unbranched alkanes of at least 4 members (excludes halogenated alkanes) is 6. The number of halogens is 2. The molecule has 5 aromatic carbocycles. The summed E-state index contributed by atoms with van der Waals surface area (Å²) in [5.41, 5.74) is 1.65. The highest BCUT2D eigenvalue weighted by Gasteiger charge is 2.55. The van der Waals surface area contributed by atoms with Crippen LogP contribution in [0.5, 0.6) is 34.5 Å². The molecule has 5 aliphatic carbocycles. The first kappa shape index (κ1) is 96.9. The predicted octanol–water partition coefficient (Wildman–Crippen LogP) is 3.57. The number of benzene rings is 5. The Morgan fingerprint density at radius 2 is 1.30 bits per heavy atom. The van der Waals surface area contributed by atoms with Gasteiger partial charge < -0.3 is 138 Å². The van der Waals surface area contributed by atoms with E-state index in [0.717, 1.165) is 113 Å². The van der Waals surface area contributed by atoms with Crippen LogP contribution in [0.3, 0.4) is 0 Å². The molecule has 0 unspecified atom stereocenters. The van der Waals surface area contributed by atoms with Crippen LogP contribution in [0.1, 0.15) is 212 Å². The molecule has 2 saturated heterocycles. The van der Waals surface area contributed by atoms with Crippen molar-refractivity contribution in [2.75, 3.05) is 19.9 Å². The zero-order valence-electron chi connectivity index (χ0n) is 72.4. The number of hydrogen-bond donors (Lipinski definition) is 22. The summed E-state index contributed by atoms with van der Waals surface area (Å²) in [6, 6.07) is -1.31. The third kappa shape index (κ3) is 20.9. The van der Waals surface area contributed by atoms with Crippen molar-refractivity contribution in [2.45, 2.75) is 265 Å². The Bertz CT molecular complexity index is 5170. The molecule has 0 aromatic heterocycles. The summed E-state index contributed by atoms with van der Waals surface area (Å²) < 4.78 is 51.6. The van der Waals surface area contributed by atoms with E-state index in [1.54, 1.807) is 0 Å². The van der Waals surface area contributed by atoms with Gasteiger partial charge in [-0.2, -0.15) is 0 Å². The predicted molar refractivity (Wildman–Crippen MR) is 463 cm³/mol. The summed E-state index contributed by atoms with van der Waals surface area (Å²) in [6.45, 7) is 7.02. The average Bonchev–Trinajstić information content (AvgIpc) is 1.54. The fourth-order valence-electron chi connectivity index (χ4n) is 19.8. The molecular formula is C89H114Cl2N11O27P. The van der Waals surface area contributed by atoms with Crippen LogP contribution >= 0.6 is 30.8 Å². The maximum absolute atomic E-state index is 16.8. The molecule has 130 heavy (non-hydrogen) atoms. The molecule has 15 bridgehead atoms. The van der Waals surface area contributed by atoms with E-state index in [1.165, 1.54) is 45.2 Å². The van der Waals surface area contributed by atoms with Gasteiger partial charge in [0.05, 0.1) is 47.6 Å². The molecule has 9 amide bonds. The molecule has 38 nitrogen and oxygen atoms in total. The van der Waals surface area contributed by atoms with Crippen LogP contribution in [0.2, 0.25) is 10.0 Å². The molecule has 41 heteroatoms. The summed E-state index contributed by atoms with van der Waals surface area (Å²) in [6.07, 6.45) is -10.5. The van der Waals surface area contributed by atoms with Gasteiger partial charge in [-0.15, -0.1) is 0 Å². The van der Waals surface area contributed by atoms with Crippen LogP contribution in [0, 0.1) is 29.6 Å². The van der Waals surface area contributed by atoms with Gasteiger partial charge in [-0.25, -0.2) is 0 Å². The van der Waals surface area contributed by atoms with Crippen molar-refractivity contribution < 1.29 is 132 Å². The highest BCUT2D eigenvalue weighted by atomic mass is 35.5. The fourth-order valence-corrected chi connectivity index (χ4v) is 20.7. The van der Waals surface area contributed by atoms with E-state index in [2.05, 4.69) is 60.1 Å².